The minimum Gasteiger partial charge on any atom is -0.478 e. The molecule has 2 aromatic carbocycles. The van der Waals surface area contributed by atoms with Crippen molar-refractivity contribution in [2.45, 2.75) is 19.3 Å². The van der Waals surface area contributed by atoms with Crippen LogP contribution < -0.4 is 0 Å². The van der Waals surface area contributed by atoms with E-state index in [1.807, 2.05) is 36.4 Å². The van der Waals surface area contributed by atoms with Crippen LogP contribution in [-0.2, 0) is 14.3 Å². The highest BCUT2D eigenvalue weighted by Gasteiger charge is 2.29. The summed E-state index contributed by atoms with van der Waals surface area (Å²) in [4.78, 5) is 22.9. The van der Waals surface area contributed by atoms with Gasteiger partial charge in [-0.15, -0.1) is 0 Å². The van der Waals surface area contributed by atoms with E-state index in [0.29, 0.717) is 0 Å². The number of hydrogen-bond donors (Lipinski definition) is 1. The van der Waals surface area contributed by atoms with Gasteiger partial charge in [0.1, 0.15) is 6.61 Å². The maximum absolute atomic E-state index is 12.0. The van der Waals surface area contributed by atoms with Gasteiger partial charge in [0.15, 0.2) is 0 Å². The summed E-state index contributed by atoms with van der Waals surface area (Å²) in [5.74, 6) is -1.63. The molecule has 0 fully saturated rings. The van der Waals surface area contributed by atoms with Crippen LogP contribution in [0.15, 0.2) is 60.2 Å². The Hall–Kier alpha value is -2.88. The molecule has 1 N–H and O–H groups in total. The third-order valence-corrected chi connectivity index (χ3v) is 4.33. The molecule has 0 atom stereocenters. The van der Waals surface area contributed by atoms with Crippen LogP contribution in [-0.4, -0.2) is 23.7 Å². The molecule has 0 unspecified atom stereocenters. The van der Waals surface area contributed by atoms with Crippen molar-refractivity contribution in [2.75, 3.05) is 6.61 Å². The van der Waals surface area contributed by atoms with Crippen molar-refractivity contribution in [1.82, 2.24) is 0 Å². The summed E-state index contributed by atoms with van der Waals surface area (Å²) < 4.78 is 5.38. The van der Waals surface area contributed by atoms with Crippen molar-refractivity contribution >= 4 is 11.9 Å². The molecule has 0 saturated carbocycles. The van der Waals surface area contributed by atoms with Gasteiger partial charge in [-0.3, -0.25) is 4.79 Å². The minimum atomic E-state index is -1.09. The van der Waals surface area contributed by atoms with Crippen LogP contribution in [0.1, 0.15) is 30.4 Å². The number of carboxylic acids is 1. The Bertz CT molecular complexity index is 774. The number of aliphatic carboxylic acids is 1. The number of fused-ring (bicyclic) bond motifs is 3. The SMILES string of the molecule is C/C=C(\CC(=O)OCC1c2ccccc2-c2ccccc21)C(=O)O. The molecule has 4 nitrogen and oxygen atoms in total. The molecule has 2 aromatic rings. The minimum absolute atomic E-state index is 0.0137. The van der Waals surface area contributed by atoms with Gasteiger partial charge in [-0.2, -0.15) is 0 Å². The Labute approximate surface area is 140 Å². The van der Waals surface area contributed by atoms with Gasteiger partial charge in [-0.05, 0) is 29.2 Å². The van der Waals surface area contributed by atoms with E-state index >= 15 is 0 Å². The summed E-state index contributed by atoms with van der Waals surface area (Å²) in [5.41, 5.74) is 4.64. The highest BCUT2D eigenvalue weighted by molar-refractivity contribution is 5.92. The lowest BCUT2D eigenvalue weighted by atomic mass is 9.98. The molecule has 0 spiro atoms. The largest absolute Gasteiger partial charge is 0.478 e. The smallest absolute Gasteiger partial charge is 0.331 e. The molecule has 122 valence electrons. The summed E-state index contributed by atoms with van der Waals surface area (Å²) in [6, 6.07) is 16.2. The average Bonchev–Trinajstić information content (AvgIpc) is 2.91. The fourth-order valence-electron chi connectivity index (χ4n) is 3.12. The molecular weight excluding hydrogens is 304 g/mol. The molecule has 0 aliphatic heterocycles. The number of allylic oxidation sites excluding steroid dienone is 1. The Morgan fingerprint density at radius 2 is 1.58 bits per heavy atom. The molecule has 0 heterocycles. The average molecular weight is 322 g/mol. The second kappa shape index (κ2) is 6.71. The van der Waals surface area contributed by atoms with Gasteiger partial charge >= 0.3 is 11.9 Å². The molecule has 0 bridgehead atoms. The van der Waals surface area contributed by atoms with Crippen LogP contribution in [0, 0.1) is 0 Å². The van der Waals surface area contributed by atoms with Crippen molar-refractivity contribution in [3.63, 3.8) is 0 Å². The van der Waals surface area contributed by atoms with E-state index in [1.165, 1.54) is 6.08 Å². The lowest BCUT2D eigenvalue weighted by Crippen LogP contribution is -2.15. The molecule has 1 aliphatic rings. The van der Waals surface area contributed by atoms with E-state index in [4.69, 9.17) is 9.84 Å². The lowest BCUT2D eigenvalue weighted by molar-refractivity contribution is -0.145. The lowest BCUT2D eigenvalue weighted by Gasteiger charge is -2.14. The number of esters is 1. The van der Waals surface area contributed by atoms with Gasteiger partial charge in [-0.25, -0.2) is 4.79 Å². The van der Waals surface area contributed by atoms with Crippen molar-refractivity contribution in [2.24, 2.45) is 0 Å². The first kappa shape index (κ1) is 16.0. The van der Waals surface area contributed by atoms with Crippen molar-refractivity contribution in [3.8, 4) is 11.1 Å². The van der Waals surface area contributed by atoms with Crippen LogP contribution in [0.25, 0.3) is 11.1 Å². The van der Waals surface area contributed by atoms with E-state index in [1.54, 1.807) is 6.92 Å². The van der Waals surface area contributed by atoms with Gasteiger partial charge in [0.25, 0.3) is 0 Å². The van der Waals surface area contributed by atoms with E-state index < -0.39 is 11.9 Å². The number of ether oxygens (including phenoxy) is 1. The van der Waals surface area contributed by atoms with Gasteiger partial charge < -0.3 is 9.84 Å². The number of benzene rings is 2. The molecular formula is C20H18O4. The van der Waals surface area contributed by atoms with Crippen molar-refractivity contribution in [1.29, 1.82) is 0 Å². The number of carboxylic acid groups (broad SMARTS) is 1. The fourth-order valence-corrected chi connectivity index (χ4v) is 3.12. The summed E-state index contributed by atoms with van der Waals surface area (Å²) >= 11 is 0. The second-order valence-corrected chi connectivity index (χ2v) is 5.71. The van der Waals surface area contributed by atoms with E-state index in [9.17, 15) is 9.59 Å². The second-order valence-electron chi connectivity index (χ2n) is 5.71. The first-order valence-corrected chi connectivity index (χ1v) is 7.84. The van der Waals surface area contributed by atoms with Gasteiger partial charge in [0, 0.05) is 11.5 Å². The first-order chi connectivity index (χ1) is 11.6. The quantitative estimate of drug-likeness (QED) is 0.672. The molecule has 24 heavy (non-hydrogen) atoms. The molecule has 0 aromatic heterocycles. The molecule has 0 amide bonds. The van der Waals surface area contributed by atoms with E-state index in [2.05, 4.69) is 12.1 Å². The van der Waals surface area contributed by atoms with E-state index in [0.717, 1.165) is 22.3 Å². The van der Waals surface area contributed by atoms with Crippen molar-refractivity contribution < 1.29 is 19.4 Å². The number of hydrogen-bond acceptors (Lipinski definition) is 3. The maximum atomic E-state index is 12.0. The summed E-state index contributed by atoms with van der Waals surface area (Å²) in [6.45, 7) is 1.81. The predicted molar refractivity (Wildman–Crippen MR) is 90.7 cm³/mol. The first-order valence-electron chi connectivity index (χ1n) is 7.84. The third-order valence-electron chi connectivity index (χ3n) is 4.33. The summed E-state index contributed by atoms with van der Waals surface area (Å²) in [7, 11) is 0. The van der Waals surface area contributed by atoms with Crippen LogP contribution >= 0.6 is 0 Å². The Morgan fingerprint density at radius 3 is 2.08 bits per heavy atom. The Balaban J connectivity index is 1.76. The number of carbonyl (C=O) groups excluding carboxylic acids is 1. The molecule has 1 aliphatic carbocycles. The monoisotopic (exact) mass is 322 g/mol. The topological polar surface area (TPSA) is 63.6 Å². The standard InChI is InChI=1S/C20H18O4/c1-2-13(20(22)23)11-19(21)24-12-18-16-9-5-3-7-14(16)15-8-4-6-10-17(15)18/h2-10,18H,11-12H2,1H3,(H,22,23)/b13-2+. The molecule has 0 radical (unpaired) electrons. The number of carbonyl (C=O) groups is 2. The van der Waals surface area contributed by atoms with E-state index in [-0.39, 0.29) is 24.5 Å². The zero-order valence-electron chi connectivity index (χ0n) is 13.4. The molecule has 3 rings (SSSR count). The number of rotatable bonds is 5. The van der Waals surface area contributed by atoms with Crippen LogP contribution in [0.2, 0.25) is 0 Å². The normalized spacial score (nSPS) is 13.3. The highest BCUT2D eigenvalue weighted by atomic mass is 16.5. The van der Waals surface area contributed by atoms with Crippen molar-refractivity contribution in [3.05, 3.63) is 71.3 Å². The Morgan fingerprint density at radius 1 is 1.04 bits per heavy atom. The third kappa shape index (κ3) is 2.95. The van der Waals surface area contributed by atoms with Crippen LogP contribution in [0.3, 0.4) is 0 Å². The summed E-state index contributed by atoms with van der Waals surface area (Å²) in [6.07, 6.45) is 1.20. The van der Waals surface area contributed by atoms with Crippen LogP contribution in [0.4, 0.5) is 0 Å². The van der Waals surface area contributed by atoms with Gasteiger partial charge in [-0.1, -0.05) is 54.6 Å². The van der Waals surface area contributed by atoms with Gasteiger partial charge in [0.05, 0.1) is 6.42 Å². The fraction of sp³-hybridized carbons (Fsp3) is 0.200. The van der Waals surface area contributed by atoms with Crippen LogP contribution in [0.5, 0.6) is 0 Å². The maximum Gasteiger partial charge on any atom is 0.331 e. The Kier molecular flexibility index (Phi) is 4.47. The molecule has 0 saturated heterocycles. The van der Waals surface area contributed by atoms with Gasteiger partial charge in [0.2, 0.25) is 0 Å². The summed E-state index contributed by atoms with van der Waals surface area (Å²) in [5, 5.41) is 8.99. The highest BCUT2D eigenvalue weighted by Crippen LogP contribution is 2.44. The molecule has 4 heteroatoms. The predicted octanol–water partition coefficient (Wildman–Crippen LogP) is 3.76. The zero-order chi connectivity index (χ0) is 17.1. The zero-order valence-corrected chi connectivity index (χ0v) is 13.4.